The lowest BCUT2D eigenvalue weighted by molar-refractivity contribution is 0.263. The molecule has 110 valence electrons. The zero-order valence-corrected chi connectivity index (χ0v) is 13.5. The molecule has 2 fully saturated rings. The fourth-order valence-electron chi connectivity index (χ4n) is 2.66. The summed E-state index contributed by atoms with van der Waals surface area (Å²) in [5.74, 6) is 3.33. The highest BCUT2D eigenvalue weighted by atomic mass is 32.2. The summed E-state index contributed by atoms with van der Waals surface area (Å²) in [6, 6.07) is 1.10. The molecule has 1 unspecified atom stereocenters. The lowest BCUT2D eigenvalue weighted by atomic mass is 10.1. The lowest BCUT2D eigenvalue weighted by Crippen LogP contribution is -2.34. The van der Waals surface area contributed by atoms with Gasteiger partial charge in [-0.2, -0.15) is 11.8 Å². The molecular formula is C15H24N4S. The fourth-order valence-corrected chi connectivity index (χ4v) is 3.87. The van der Waals surface area contributed by atoms with Gasteiger partial charge in [-0.3, -0.25) is 4.90 Å². The van der Waals surface area contributed by atoms with Crippen molar-refractivity contribution in [3.63, 3.8) is 0 Å². The van der Waals surface area contributed by atoms with Gasteiger partial charge in [-0.05, 0) is 33.7 Å². The van der Waals surface area contributed by atoms with Crippen LogP contribution in [0.3, 0.4) is 0 Å². The summed E-state index contributed by atoms with van der Waals surface area (Å²) in [6.45, 7) is 6.29. The molecule has 20 heavy (non-hydrogen) atoms. The number of rotatable bonds is 4. The molecule has 2 heterocycles. The molecule has 1 atom stereocenters. The van der Waals surface area contributed by atoms with Crippen molar-refractivity contribution in [2.75, 3.05) is 25.1 Å². The van der Waals surface area contributed by atoms with E-state index in [0.717, 1.165) is 42.1 Å². The van der Waals surface area contributed by atoms with E-state index in [9.17, 15) is 0 Å². The van der Waals surface area contributed by atoms with Gasteiger partial charge in [-0.1, -0.05) is 0 Å². The zero-order chi connectivity index (χ0) is 14.1. The van der Waals surface area contributed by atoms with E-state index in [2.05, 4.69) is 31.1 Å². The van der Waals surface area contributed by atoms with E-state index in [1.807, 2.05) is 11.8 Å². The number of nitrogens with zero attached hydrogens (tertiary/aromatic N) is 3. The standard InChI is InChI=1S/C15H24N4S/c1-10-13(8-16-12-4-5-12)11(2)18-15(17-10)14-9-20-7-6-19(14)3/h12,14,16H,4-9H2,1-3H3. The molecule has 3 rings (SSSR count). The minimum Gasteiger partial charge on any atom is -0.310 e. The maximum atomic E-state index is 4.80. The summed E-state index contributed by atoms with van der Waals surface area (Å²) in [5.41, 5.74) is 3.57. The first kappa shape index (κ1) is 14.3. The third-order valence-corrected chi connectivity index (χ3v) is 5.30. The molecule has 5 heteroatoms. The van der Waals surface area contributed by atoms with Crippen LogP contribution >= 0.6 is 11.8 Å². The van der Waals surface area contributed by atoms with Gasteiger partial charge in [0.2, 0.25) is 0 Å². The number of hydrogen-bond donors (Lipinski definition) is 1. The fraction of sp³-hybridized carbons (Fsp3) is 0.733. The lowest BCUT2D eigenvalue weighted by Gasteiger charge is -2.31. The Hall–Kier alpha value is -0.650. The van der Waals surface area contributed by atoms with Gasteiger partial charge in [0.15, 0.2) is 0 Å². The Morgan fingerprint density at radius 3 is 2.55 bits per heavy atom. The Morgan fingerprint density at radius 2 is 1.95 bits per heavy atom. The zero-order valence-electron chi connectivity index (χ0n) is 12.6. The van der Waals surface area contributed by atoms with Crippen LogP contribution in [0, 0.1) is 13.8 Å². The average molecular weight is 292 g/mol. The Bertz CT molecular complexity index is 464. The molecule has 0 radical (unpaired) electrons. The van der Waals surface area contributed by atoms with Gasteiger partial charge in [0.05, 0.1) is 6.04 Å². The molecule has 1 aromatic rings. The molecule has 0 spiro atoms. The van der Waals surface area contributed by atoms with Gasteiger partial charge in [0, 0.05) is 47.6 Å². The maximum absolute atomic E-state index is 4.80. The Morgan fingerprint density at radius 1 is 1.25 bits per heavy atom. The average Bonchev–Trinajstić information content (AvgIpc) is 3.22. The highest BCUT2D eigenvalue weighted by Crippen LogP contribution is 2.27. The second-order valence-electron chi connectivity index (χ2n) is 5.96. The van der Waals surface area contributed by atoms with Crippen LogP contribution < -0.4 is 5.32 Å². The third-order valence-electron chi connectivity index (χ3n) is 4.28. The first-order chi connectivity index (χ1) is 9.65. The number of thioether (sulfide) groups is 1. The minimum absolute atomic E-state index is 0.372. The van der Waals surface area contributed by atoms with Gasteiger partial charge in [0.1, 0.15) is 5.82 Å². The van der Waals surface area contributed by atoms with Crippen molar-refractivity contribution >= 4 is 11.8 Å². The highest BCUT2D eigenvalue weighted by Gasteiger charge is 2.25. The molecule has 1 saturated heterocycles. The van der Waals surface area contributed by atoms with Crippen LogP contribution in [0.1, 0.15) is 41.7 Å². The van der Waals surface area contributed by atoms with Crippen LogP contribution in [0.4, 0.5) is 0 Å². The Kier molecular flexibility index (Phi) is 4.29. The van der Waals surface area contributed by atoms with E-state index in [1.165, 1.54) is 24.2 Å². The first-order valence-corrected chi connectivity index (χ1v) is 8.66. The normalized spacial score (nSPS) is 24.1. The predicted octanol–water partition coefficient (Wildman–Crippen LogP) is 2.07. The van der Waals surface area contributed by atoms with Crippen LogP contribution in [-0.2, 0) is 6.54 Å². The van der Waals surface area contributed by atoms with Crippen LogP contribution in [0.25, 0.3) is 0 Å². The van der Waals surface area contributed by atoms with Crippen molar-refractivity contribution in [3.8, 4) is 0 Å². The second kappa shape index (κ2) is 6.00. The van der Waals surface area contributed by atoms with E-state index in [-0.39, 0.29) is 0 Å². The van der Waals surface area contributed by atoms with E-state index < -0.39 is 0 Å². The van der Waals surface area contributed by atoms with E-state index in [1.54, 1.807) is 0 Å². The number of hydrogen-bond acceptors (Lipinski definition) is 5. The van der Waals surface area contributed by atoms with Crippen molar-refractivity contribution in [2.24, 2.45) is 0 Å². The number of nitrogens with one attached hydrogen (secondary N) is 1. The van der Waals surface area contributed by atoms with Gasteiger partial charge in [-0.25, -0.2) is 9.97 Å². The summed E-state index contributed by atoms with van der Waals surface area (Å²) >= 11 is 2.01. The smallest absolute Gasteiger partial charge is 0.146 e. The van der Waals surface area contributed by atoms with Crippen LogP contribution in [0.5, 0.6) is 0 Å². The van der Waals surface area contributed by atoms with Gasteiger partial charge >= 0.3 is 0 Å². The van der Waals surface area contributed by atoms with Crippen LogP contribution in [0.15, 0.2) is 0 Å². The molecule has 1 aliphatic heterocycles. The van der Waals surface area contributed by atoms with E-state index >= 15 is 0 Å². The van der Waals surface area contributed by atoms with Gasteiger partial charge in [0.25, 0.3) is 0 Å². The largest absolute Gasteiger partial charge is 0.310 e. The van der Waals surface area contributed by atoms with E-state index in [4.69, 9.17) is 9.97 Å². The first-order valence-electron chi connectivity index (χ1n) is 7.50. The highest BCUT2D eigenvalue weighted by molar-refractivity contribution is 7.99. The SMILES string of the molecule is Cc1nc(C2CSCCN2C)nc(C)c1CNC1CC1. The van der Waals surface area contributed by atoms with Crippen molar-refractivity contribution < 1.29 is 0 Å². The van der Waals surface area contributed by atoms with Gasteiger partial charge in [-0.15, -0.1) is 0 Å². The molecule has 0 bridgehead atoms. The Balaban J connectivity index is 1.78. The van der Waals surface area contributed by atoms with Gasteiger partial charge < -0.3 is 5.32 Å². The minimum atomic E-state index is 0.372. The molecular weight excluding hydrogens is 268 g/mol. The summed E-state index contributed by atoms with van der Waals surface area (Å²) in [7, 11) is 2.18. The van der Waals surface area contributed by atoms with Crippen LogP contribution in [-0.4, -0.2) is 46.0 Å². The number of aromatic nitrogens is 2. The van der Waals surface area contributed by atoms with Crippen LogP contribution in [0.2, 0.25) is 0 Å². The molecule has 1 N–H and O–H groups in total. The molecule has 0 amide bonds. The summed E-state index contributed by atoms with van der Waals surface area (Å²) in [5, 5.41) is 3.57. The summed E-state index contributed by atoms with van der Waals surface area (Å²) in [6.07, 6.45) is 2.64. The molecule has 2 aliphatic rings. The molecule has 1 saturated carbocycles. The quantitative estimate of drug-likeness (QED) is 0.920. The summed E-state index contributed by atoms with van der Waals surface area (Å²) in [4.78, 5) is 12.0. The van der Waals surface area contributed by atoms with Crippen molar-refractivity contribution in [3.05, 3.63) is 22.8 Å². The molecule has 1 aliphatic carbocycles. The molecule has 0 aromatic carbocycles. The topological polar surface area (TPSA) is 41.1 Å². The Labute approximate surface area is 125 Å². The molecule has 4 nitrogen and oxygen atoms in total. The summed E-state index contributed by atoms with van der Waals surface area (Å²) < 4.78 is 0. The van der Waals surface area contributed by atoms with Crippen molar-refractivity contribution in [1.82, 2.24) is 20.2 Å². The maximum Gasteiger partial charge on any atom is 0.146 e. The van der Waals surface area contributed by atoms with E-state index in [0.29, 0.717) is 6.04 Å². The molecule has 1 aromatic heterocycles. The number of aryl methyl sites for hydroxylation is 2. The second-order valence-corrected chi connectivity index (χ2v) is 7.11. The van der Waals surface area contributed by atoms with Crippen molar-refractivity contribution in [1.29, 1.82) is 0 Å². The third kappa shape index (κ3) is 3.15. The van der Waals surface area contributed by atoms with Crippen molar-refractivity contribution in [2.45, 2.75) is 45.3 Å². The monoisotopic (exact) mass is 292 g/mol. The predicted molar refractivity (Wildman–Crippen MR) is 84.1 cm³/mol.